The first kappa shape index (κ1) is 34.6. The van der Waals surface area contributed by atoms with Gasteiger partial charge in [0.1, 0.15) is 23.5 Å². The van der Waals surface area contributed by atoms with E-state index >= 15 is 0 Å². The fourth-order valence-electron chi connectivity index (χ4n) is 11.5. The standard InChI is InChI=1S/C38H55N3O6S2/c1-4-22(2)35(44)47-36(3)13-9-24-21-48-49-37(11-5-6-12-37)30-10-14-41(30)32(42)16-26-20-40-31(39)17-27(26)34(24)38(36)19-25-15-23-7-8-33(43)45-28(23)18-29(25)46-38/h4,9,23,25-31,34,40H,5-8,10-21,39H2,1-3H3/p+1/t23?,25?,26?,27?,28?,29?,30-,31?,34-,36+,38+/m1/s1. The number of amides is 1. The Morgan fingerprint density at radius 1 is 1.12 bits per heavy atom. The lowest BCUT2D eigenvalue weighted by Gasteiger charge is -2.57. The average Bonchev–Trinajstić information content (AvgIpc) is 3.67. The fourth-order valence-corrected chi connectivity index (χ4v) is 15.1. The molecule has 8 rings (SSSR count). The van der Waals surface area contributed by atoms with Crippen LogP contribution in [0.25, 0.3) is 0 Å². The maximum absolute atomic E-state index is 14.3. The number of nitrogens with two attached hydrogens (primary N) is 2. The monoisotopic (exact) mass is 714 g/mol. The highest BCUT2D eigenvalue weighted by molar-refractivity contribution is 8.77. The Balaban J connectivity index is 1.22. The van der Waals surface area contributed by atoms with Crippen LogP contribution in [0.3, 0.4) is 0 Å². The van der Waals surface area contributed by atoms with Crippen molar-refractivity contribution in [2.75, 3.05) is 18.8 Å². The van der Waals surface area contributed by atoms with Crippen LogP contribution < -0.4 is 11.1 Å². The second-order valence-corrected chi connectivity index (χ2v) is 19.6. The third-order valence-corrected chi connectivity index (χ3v) is 17.6. The number of quaternary nitrogens is 1. The lowest BCUT2D eigenvalue weighted by molar-refractivity contribution is -0.706. The Hall–Kier alpha value is -1.53. The SMILES string of the molecule is CC=C(C)C(=O)O[C@@]1(C)CC=C2CSSC3(CCCC3)[C@H]3CCN3C(=O)CC3C[NH2+]C(N)CC3[C@@H]2[C@@]12CC1CC3CCC(=O)OC3CC1O2. The summed E-state index contributed by atoms with van der Waals surface area (Å²) in [4.78, 5) is 42.6. The molecule has 49 heavy (non-hydrogen) atoms. The molecule has 2 spiro atoms. The topological polar surface area (TPSA) is 125 Å². The summed E-state index contributed by atoms with van der Waals surface area (Å²) in [5, 5.41) is 2.23. The van der Waals surface area contributed by atoms with Gasteiger partial charge in [0.2, 0.25) is 5.91 Å². The van der Waals surface area contributed by atoms with Crippen molar-refractivity contribution in [3.05, 3.63) is 23.3 Å². The van der Waals surface area contributed by atoms with Crippen molar-refractivity contribution in [2.45, 2.75) is 145 Å². The zero-order valence-corrected chi connectivity index (χ0v) is 31.2. The second-order valence-electron chi connectivity index (χ2n) is 16.9. The average molecular weight is 715 g/mol. The molecule has 0 radical (unpaired) electrons. The van der Waals surface area contributed by atoms with Crippen LogP contribution >= 0.6 is 21.6 Å². The third kappa shape index (κ3) is 5.84. The van der Waals surface area contributed by atoms with Gasteiger partial charge in [-0.05, 0) is 77.0 Å². The number of carbonyl (C=O) groups is 3. The van der Waals surface area contributed by atoms with Crippen LogP contribution in [0.15, 0.2) is 23.3 Å². The van der Waals surface area contributed by atoms with Crippen LogP contribution in [-0.2, 0) is 28.6 Å². The van der Waals surface area contributed by atoms with Crippen molar-refractivity contribution in [1.82, 2.24) is 4.90 Å². The number of piperidine rings is 1. The molecule has 270 valence electrons. The van der Waals surface area contributed by atoms with E-state index in [1.165, 1.54) is 31.3 Å². The maximum atomic E-state index is 14.3. The minimum absolute atomic E-state index is 0.0445. The number of hydrogen-bond acceptors (Lipinski definition) is 9. The molecule has 4 N–H and O–H groups in total. The first-order chi connectivity index (χ1) is 23.5. The number of nitrogens with zero attached hydrogens (tertiary/aromatic N) is 1. The van der Waals surface area contributed by atoms with Crippen molar-refractivity contribution in [2.24, 2.45) is 35.3 Å². The van der Waals surface area contributed by atoms with Gasteiger partial charge in [-0.1, -0.05) is 52.2 Å². The van der Waals surface area contributed by atoms with E-state index in [0.717, 1.165) is 50.9 Å². The number of esters is 2. The molecule has 1 amide bonds. The number of fused-ring (bicyclic) bond motifs is 8. The van der Waals surface area contributed by atoms with E-state index in [1.54, 1.807) is 0 Å². The van der Waals surface area contributed by atoms with Crippen molar-refractivity contribution in [3.8, 4) is 0 Å². The highest BCUT2D eigenvalue weighted by Crippen LogP contribution is 2.63. The van der Waals surface area contributed by atoms with Crippen LogP contribution in [0.4, 0.5) is 0 Å². The number of hydrogen-bond donors (Lipinski definition) is 2. The summed E-state index contributed by atoms with van der Waals surface area (Å²) in [7, 11) is 4.03. The summed E-state index contributed by atoms with van der Waals surface area (Å²) in [5.74, 6) is 1.62. The molecule has 5 saturated heterocycles. The molecule has 2 saturated carbocycles. The van der Waals surface area contributed by atoms with Crippen LogP contribution in [0.2, 0.25) is 0 Å². The Bertz CT molecular complexity index is 1420. The molecule has 0 aromatic rings. The van der Waals surface area contributed by atoms with Gasteiger partial charge in [-0.15, -0.1) is 0 Å². The third-order valence-electron chi connectivity index (χ3n) is 14.3. The molecule has 3 aliphatic carbocycles. The van der Waals surface area contributed by atoms with E-state index in [4.69, 9.17) is 19.9 Å². The van der Waals surface area contributed by atoms with Gasteiger partial charge in [0.15, 0.2) is 0 Å². The van der Waals surface area contributed by atoms with Crippen molar-refractivity contribution in [3.63, 3.8) is 0 Å². The Kier molecular flexibility index (Phi) is 9.27. The molecule has 8 aliphatic rings. The molecule has 5 aliphatic heterocycles. The highest BCUT2D eigenvalue weighted by atomic mass is 33.1. The van der Waals surface area contributed by atoms with E-state index in [0.29, 0.717) is 49.1 Å². The van der Waals surface area contributed by atoms with Crippen LogP contribution in [0.1, 0.15) is 104 Å². The van der Waals surface area contributed by atoms with Gasteiger partial charge in [-0.25, -0.2) is 4.79 Å². The Labute approximate surface area is 299 Å². The molecule has 9 nitrogen and oxygen atoms in total. The molecule has 7 fully saturated rings. The molecule has 11 atom stereocenters. The zero-order chi connectivity index (χ0) is 34.1. The van der Waals surface area contributed by atoms with Crippen molar-refractivity contribution < 1.29 is 33.9 Å². The molecular weight excluding hydrogens is 659 g/mol. The van der Waals surface area contributed by atoms with E-state index in [1.807, 2.05) is 41.5 Å². The summed E-state index contributed by atoms with van der Waals surface area (Å²) in [6, 6.07) is 0.340. The fraction of sp³-hybridized carbons (Fsp3) is 0.816. The van der Waals surface area contributed by atoms with Gasteiger partial charge >= 0.3 is 11.9 Å². The van der Waals surface area contributed by atoms with Crippen LogP contribution in [0, 0.1) is 29.6 Å². The summed E-state index contributed by atoms with van der Waals surface area (Å²) in [6.45, 7) is 7.48. The molecule has 0 bridgehead atoms. The molecule has 7 unspecified atom stereocenters. The summed E-state index contributed by atoms with van der Waals surface area (Å²) >= 11 is 0. The summed E-state index contributed by atoms with van der Waals surface area (Å²) in [5.41, 5.74) is 7.07. The van der Waals surface area contributed by atoms with Crippen molar-refractivity contribution >= 4 is 39.4 Å². The first-order valence-electron chi connectivity index (χ1n) is 19.2. The minimum Gasteiger partial charge on any atom is -0.462 e. The van der Waals surface area contributed by atoms with E-state index in [-0.39, 0.29) is 58.7 Å². The van der Waals surface area contributed by atoms with Gasteiger partial charge in [-0.3, -0.25) is 15.3 Å². The highest BCUT2D eigenvalue weighted by Gasteiger charge is 2.68. The number of allylic oxidation sites excluding steroid dienone is 1. The predicted molar refractivity (Wildman–Crippen MR) is 190 cm³/mol. The molecule has 0 aromatic carbocycles. The second kappa shape index (κ2) is 13.2. The quantitative estimate of drug-likeness (QED) is 0.182. The van der Waals surface area contributed by atoms with Gasteiger partial charge in [-0.2, -0.15) is 0 Å². The normalized spacial score (nSPS) is 45.0. The largest absolute Gasteiger partial charge is 0.462 e. The smallest absolute Gasteiger partial charge is 0.334 e. The zero-order valence-electron chi connectivity index (χ0n) is 29.5. The van der Waals surface area contributed by atoms with Crippen LogP contribution in [0.5, 0.6) is 0 Å². The first-order valence-corrected chi connectivity index (χ1v) is 21.5. The Morgan fingerprint density at radius 2 is 1.94 bits per heavy atom. The lowest BCUT2D eigenvalue weighted by atomic mass is 9.56. The number of carbonyl (C=O) groups excluding carboxylic acids is 3. The summed E-state index contributed by atoms with van der Waals surface area (Å²) in [6.07, 6.45) is 15.6. The van der Waals surface area contributed by atoms with E-state index in [9.17, 15) is 14.4 Å². The van der Waals surface area contributed by atoms with Gasteiger partial charge in [0.25, 0.3) is 0 Å². The van der Waals surface area contributed by atoms with Crippen molar-refractivity contribution in [1.29, 1.82) is 0 Å². The van der Waals surface area contributed by atoms with E-state index in [2.05, 4.69) is 23.2 Å². The lowest BCUT2D eigenvalue weighted by Crippen LogP contribution is -2.96. The van der Waals surface area contributed by atoms with Crippen LogP contribution in [-0.4, -0.2) is 82.0 Å². The van der Waals surface area contributed by atoms with Gasteiger partial charge < -0.3 is 24.4 Å². The molecular formula is C38H56N3O6S2+. The summed E-state index contributed by atoms with van der Waals surface area (Å²) < 4.78 is 20.3. The molecule has 5 heterocycles. The predicted octanol–water partition coefficient (Wildman–Crippen LogP) is 4.64. The maximum Gasteiger partial charge on any atom is 0.334 e. The molecule has 11 heteroatoms. The van der Waals surface area contributed by atoms with E-state index < -0.39 is 11.2 Å². The number of ether oxygens (including phenoxy) is 3. The molecule has 0 aromatic heterocycles. The van der Waals surface area contributed by atoms with Gasteiger partial charge in [0.05, 0.1) is 12.6 Å². The number of rotatable bonds is 2. The van der Waals surface area contributed by atoms with Gasteiger partial charge in [0, 0.05) is 72.6 Å². The Morgan fingerprint density at radius 3 is 2.69 bits per heavy atom. The minimum atomic E-state index is -0.911.